The summed E-state index contributed by atoms with van der Waals surface area (Å²) in [7, 11) is 1.79. The number of aliphatic carboxylic acids is 1. The molecule has 0 unspecified atom stereocenters. The Kier molecular flexibility index (Phi) is 6.40. The molecule has 8 nitrogen and oxygen atoms in total. The lowest BCUT2D eigenvalue weighted by atomic mass is 10.1. The van der Waals surface area contributed by atoms with Crippen molar-refractivity contribution in [2.24, 2.45) is 0 Å². The van der Waals surface area contributed by atoms with E-state index in [4.69, 9.17) is 20.9 Å². The Morgan fingerprint density at radius 2 is 2.06 bits per heavy atom. The molecule has 9 heteroatoms. The predicted molar refractivity (Wildman–Crippen MR) is 126 cm³/mol. The molecule has 2 aromatic heterocycles. The molecule has 0 saturated carbocycles. The van der Waals surface area contributed by atoms with E-state index in [0.29, 0.717) is 34.6 Å². The SMILES string of the molecule is CC(C)Oc1ccc(-c2nc(-c3cccc4c(CN(C)[C@H](C)C(=O)O)c[nH]c34)no2)cc1Cl. The Morgan fingerprint density at radius 1 is 1.27 bits per heavy atom. The Bertz CT molecular complexity index is 1300. The standard InChI is InChI=1S/C24H25ClN4O4/c1-13(2)32-20-9-8-15(10-19(20)25)23-27-22(28-33-23)18-7-5-6-17-16(11-26-21(17)18)12-29(4)14(3)24(30)31/h5-11,13-14,26H,12H2,1-4H3,(H,30,31)/t14-/m1/s1. The molecule has 0 aliphatic heterocycles. The van der Waals surface area contributed by atoms with E-state index in [2.05, 4.69) is 15.1 Å². The van der Waals surface area contributed by atoms with Gasteiger partial charge < -0.3 is 19.4 Å². The normalized spacial score (nSPS) is 12.6. The topological polar surface area (TPSA) is 104 Å². The van der Waals surface area contributed by atoms with Gasteiger partial charge in [-0.25, -0.2) is 0 Å². The molecule has 2 heterocycles. The van der Waals surface area contributed by atoms with Crippen molar-refractivity contribution in [3.8, 4) is 28.6 Å². The highest BCUT2D eigenvalue weighted by atomic mass is 35.5. The van der Waals surface area contributed by atoms with Gasteiger partial charge in [0.1, 0.15) is 11.8 Å². The number of fused-ring (bicyclic) bond motifs is 1. The van der Waals surface area contributed by atoms with Crippen LogP contribution in [0.4, 0.5) is 0 Å². The van der Waals surface area contributed by atoms with Gasteiger partial charge in [0.05, 0.1) is 16.6 Å². The van der Waals surface area contributed by atoms with E-state index in [1.54, 1.807) is 31.0 Å². The first-order valence-electron chi connectivity index (χ1n) is 10.6. The van der Waals surface area contributed by atoms with Crippen molar-refractivity contribution in [2.75, 3.05) is 7.05 Å². The molecule has 0 saturated heterocycles. The van der Waals surface area contributed by atoms with Crippen LogP contribution in [0.5, 0.6) is 5.75 Å². The lowest BCUT2D eigenvalue weighted by molar-refractivity contribution is -0.142. The minimum atomic E-state index is -0.860. The zero-order valence-corrected chi connectivity index (χ0v) is 19.6. The summed E-state index contributed by atoms with van der Waals surface area (Å²) >= 11 is 6.35. The Morgan fingerprint density at radius 3 is 2.76 bits per heavy atom. The maximum absolute atomic E-state index is 11.3. The lowest BCUT2D eigenvalue weighted by Crippen LogP contribution is -2.35. The number of rotatable bonds is 8. The van der Waals surface area contributed by atoms with Crippen molar-refractivity contribution in [3.05, 3.63) is 53.2 Å². The molecule has 0 spiro atoms. The second-order valence-electron chi connectivity index (χ2n) is 8.21. The van der Waals surface area contributed by atoms with Crippen molar-refractivity contribution in [3.63, 3.8) is 0 Å². The first kappa shape index (κ1) is 22.8. The van der Waals surface area contributed by atoms with Crippen molar-refractivity contribution < 1.29 is 19.2 Å². The second-order valence-corrected chi connectivity index (χ2v) is 8.61. The largest absolute Gasteiger partial charge is 0.489 e. The molecule has 4 rings (SSSR count). The van der Waals surface area contributed by atoms with Crippen LogP contribution in [0.2, 0.25) is 5.02 Å². The van der Waals surface area contributed by atoms with Gasteiger partial charge in [0.2, 0.25) is 5.82 Å². The molecule has 2 N–H and O–H groups in total. The van der Waals surface area contributed by atoms with Crippen LogP contribution < -0.4 is 4.74 Å². The zero-order chi connectivity index (χ0) is 23.7. The number of carboxylic acid groups (broad SMARTS) is 1. The number of aromatic amines is 1. The number of benzene rings is 2. The van der Waals surface area contributed by atoms with Crippen LogP contribution in [0.1, 0.15) is 26.3 Å². The molecule has 1 atom stereocenters. The minimum Gasteiger partial charge on any atom is -0.489 e. The number of carboxylic acids is 1. The van der Waals surface area contributed by atoms with Crippen molar-refractivity contribution in [1.82, 2.24) is 20.0 Å². The number of halogens is 1. The lowest BCUT2D eigenvalue weighted by Gasteiger charge is -2.20. The summed E-state index contributed by atoms with van der Waals surface area (Å²) in [4.78, 5) is 20.9. The van der Waals surface area contributed by atoms with Gasteiger partial charge in [-0.15, -0.1) is 0 Å². The van der Waals surface area contributed by atoms with E-state index in [9.17, 15) is 9.90 Å². The van der Waals surface area contributed by atoms with Gasteiger partial charge in [-0.2, -0.15) is 4.98 Å². The summed E-state index contributed by atoms with van der Waals surface area (Å²) in [5, 5.41) is 14.9. The number of nitrogens with zero attached hydrogens (tertiary/aromatic N) is 3. The van der Waals surface area contributed by atoms with Gasteiger partial charge >= 0.3 is 5.97 Å². The van der Waals surface area contributed by atoms with Gasteiger partial charge in [-0.1, -0.05) is 28.9 Å². The summed E-state index contributed by atoms with van der Waals surface area (Å²) in [6, 6.07) is 10.6. The van der Waals surface area contributed by atoms with Crippen molar-refractivity contribution in [2.45, 2.75) is 39.5 Å². The number of likely N-dealkylation sites (N-methyl/N-ethyl adjacent to an activating group) is 1. The van der Waals surface area contributed by atoms with Crippen LogP contribution in [-0.2, 0) is 11.3 Å². The van der Waals surface area contributed by atoms with Gasteiger partial charge in [-0.05, 0) is 57.6 Å². The number of aromatic nitrogens is 3. The van der Waals surface area contributed by atoms with Crippen molar-refractivity contribution in [1.29, 1.82) is 0 Å². The van der Waals surface area contributed by atoms with Crippen LogP contribution >= 0.6 is 11.6 Å². The fourth-order valence-electron chi connectivity index (χ4n) is 3.56. The first-order valence-corrected chi connectivity index (χ1v) is 10.9. The molecule has 0 aliphatic carbocycles. The number of hydrogen-bond donors (Lipinski definition) is 2. The molecule has 4 aromatic rings. The number of H-pyrrole nitrogens is 1. The van der Waals surface area contributed by atoms with Crippen LogP contribution in [0.3, 0.4) is 0 Å². The highest BCUT2D eigenvalue weighted by Crippen LogP contribution is 2.33. The van der Waals surface area contributed by atoms with E-state index in [0.717, 1.165) is 22.0 Å². The zero-order valence-electron chi connectivity index (χ0n) is 18.8. The van der Waals surface area contributed by atoms with Gasteiger partial charge in [0.25, 0.3) is 5.89 Å². The summed E-state index contributed by atoms with van der Waals surface area (Å²) in [5.74, 6) is 0.527. The second kappa shape index (κ2) is 9.25. The molecule has 172 valence electrons. The third-order valence-electron chi connectivity index (χ3n) is 5.45. The number of ether oxygens (including phenoxy) is 1. The van der Waals surface area contributed by atoms with E-state index in [1.165, 1.54) is 0 Å². The van der Waals surface area contributed by atoms with Crippen molar-refractivity contribution >= 4 is 28.5 Å². The van der Waals surface area contributed by atoms with E-state index in [-0.39, 0.29) is 6.10 Å². The third kappa shape index (κ3) is 4.72. The average molecular weight is 469 g/mol. The van der Waals surface area contributed by atoms with Gasteiger partial charge in [-0.3, -0.25) is 9.69 Å². The van der Waals surface area contributed by atoms with Crippen LogP contribution in [0.15, 0.2) is 47.1 Å². The molecule has 33 heavy (non-hydrogen) atoms. The minimum absolute atomic E-state index is 0.0154. The van der Waals surface area contributed by atoms with Gasteiger partial charge in [0, 0.05) is 29.3 Å². The fourth-order valence-corrected chi connectivity index (χ4v) is 3.78. The fraction of sp³-hybridized carbons (Fsp3) is 0.292. The summed E-state index contributed by atoms with van der Waals surface area (Å²) in [6.07, 6.45) is 1.90. The average Bonchev–Trinajstić information content (AvgIpc) is 3.42. The van der Waals surface area contributed by atoms with E-state index in [1.807, 2.05) is 44.3 Å². The molecule has 0 bridgehead atoms. The quantitative estimate of drug-likeness (QED) is 0.364. The summed E-state index contributed by atoms with van der Waals surface area (Å²) in [5.41, 5.74) is 3.32. The third-order valence-corrected chi connectivity index (χ3v) is 5.74. The first-order chi connectivity index (χ1) is 15.7. The highest BCUT2D eigenvalue weighted by Gasteiger charge is 2.20. The summed E-state index contributed by atoms with van der Waals surface area (Å²) in [6.45, 7) is 6.02. The highest BCUT2D eigenvalue weighted by molar-refractivity contribution is 6.32. The van der Waals surface area contributed by atoms with Crippen LogP contribution in [0.25, 0.3) is 33.7 Å². The smallest absolute Gasteiger partial charge is 0.320 e. The summed E-state index contributed by atoms with van der Waals surface area (Å²) < 4.78 is 11.2. The molecule has 0 radical (unpaired) electrons. The van der Waals surface area contributed by atoms with E-state index >= 15 is 0 Å². The van der Waals surface area contributed by atoms with Gasteiger partial charge in [0.15, 0.2) is 0 Å². The van der Waals surface area contributed by atoms with E-state index < -0.39 is 12.0 Å². The van der Waals surface area contributed by atoms with Crippen LogP contribution in [-0.4, -0.2) is 50.3 Å². The Labute approximate surface area is 196 Å². The monoisotopic (exact) mass is 468 g/mol. The molecular formula is C24H25ClN4O4. The number of para-hydroxylation sites is 1. The molecule has 0 amide bonds. The van der Waals surface area contributed by atoms with Crippen LogP contribution in [0, 0.1) is 0 Å². The molecule has 2 aromatic carbocycles. The Hall–Kier alpha value is -3.36. The Balaban J connectivity index is 1.63. The maximum Gasteiger partial charge on any atom is 0.320 e. The number of hydrogen-bond acceptors (Lipinski definition) is 6. The predicted octanol–water partition coefficient (Wildman–Crippen LogP) is 5.23. The maximum atomic E-state index is 11.3. The number of nitrogens with one attached hydrogen (secondary N) is 1. The molecular weight excluding hydrogens is 444 g/mol. The molecule has 0 fully saturated rings. The number of carbonyl (C=O) groups is 1. The molecule has 0 aliphatic rings.